The molecule has 1 aliphatic heterocycles. The fourth-order valence-corrected chi connectivity index (χ4v) is 4.87. The molecule has 0 bridgehead atoms. The molecule has 2 aromatic carbocycles. The first-order chi connectivity index (χ1) is 18.6. The number of nitrogens with one attached hydrogen (secondary N) is 3. The zero-order valence-electron chi connectivity index (χ0n) is 20.6. The summed E-state index contributed by atoms with van der Waals surface area (Å²) < 4.78 is 1.73. The van der Waals surface area contributed by atoms with Crippen LogP contribution >= 0.6 is 0 Å². The molecule has 38 heavy (non-hydrogen) atoms. The number of para-hydroxylation sites is 1. The first-order valence-corrected chi connectivity index (χ1v) is 12.5. The van der Waals surface area contributed by atoms with Gasteiger partial charge in [-0.2, -0.15) is 0 Å². The van der Waals surface area contributed by atoms with Crippen LogP contribution in [-0.4, -0.2) is 60.4 Å². The summed E-state index contributed by atoms with van der Waals surface area (Å²) in [6.07, 6.45) is 8.42. The summed E-state index contributed by atoms with van der Waals surface area (Å²) in [5.74, 6) is 0.138. The lowest BCUT2D eigenvalue weighted by atomic mass is 10.0. The molecule has 5 aromatic rings. The standard InChI is InChI=1S/C28H26N8O2/c1-2-24(37)31-19-11-9-18(10-12-19)27(38)35-14-5-6-20(17-35)32-28-33-25(26-29-13-15-36(26)34-28)22-16-30-23-8-4-3-7-21(22)23/h2-4,7-13,15-16,20,30H,1,5-6,14,17H2,(H,31,37)(H,32,34)/t20-/m1/s1. The molecule has 190 valence electrons. The third-order valence-corrected chi connectivity index (χ3v) is 6.72. The van der Waals surface area contributed by atoms with Gasteiger partial charge < -0.3 is 20.5 Å². The van der Waals surface area contributed by atoms with E-state index in [2.05, 4.69) is 38.3 Å². The van der Waals surface area contributed by atoms with Crippen LogP contribution in [0.25, 0.3) is 27.8 Å². The number of carbonyl (C=O) groups is 2. The highest BCUT2D eigenvalue weighted by atomic mass is 16.2. The highest BCUT2D eigenvalue weighted by Crippen LogP contribution is 2.30. The van der Waals surface area contributed by atoms with Crippen molar-refractivity contribution >= 4 is 40.0 Å². The van der Waals surface area contributed by atoms with Crippen molar-refractivity contribution in [2.75, 3.05) is 23.7 Å². The van der Waals surface area contributed by atoms with Crippen LogP contribution in [0.15, 0.2) is 79.8 Å². The minimum Gasteiger partial charge on any atom is -0.360 e. The molecular weight excluding hydrogens is 480 g/mol. The second kappa shape index (κ2) is 9.81. The fraction of sp³-hybridized carbons (Fsp3) is 0.179. The molecular formula is C28H26N8O2. The predicted molar refractivity (Wildman–Crippen MR) is 146 cm³/mol. The van der Waals surface area contributed by atoms with E-state index in [1.807, 2.05) is 29.3 Å². The molecule has 3 aromatic heterocycles. The van der Waals surface area contributed by atoms with Crippen molar-refractivity contribution < 1.29 is 9.59 Å². The van der Waals surface area contributed by atoms with Gasteiger partial charge in [0, 0.05) is 65.4 Å². The summed E-state index contributed by atoms with van der Waals surface area (Å²) in [5.41, 5.74) is 4.57. The molecule has 0 saturated carbocycles. The summed E-state index contributed by atoms with van der Waals surface area (Å²) in [4.78, 5) is 39.2. The van der Waals surface area contributed by atoms with Crippen molar-refractivity contribution in [3.63, 3.8) is 0 Å². The Labute approximate surface area is 218 Å². The Morgan fingerprint density at radius 3 is 2.82 bits per heavy atom. The van der Waals surface area contributed by atoms with Crippen LogP contribution in [0.4, 0.5) is 11.6 Å². The van der Waals surface area contributed by atoms with E-state index in [1.54, 1.807) is 41.2 Å². The number of aromatic nitrogens is 5. The molecule has 3 N–H and O–H groups in total. The number of H-pyrrole nitrogens is 1. The van der Waals surface area contributed by atoms with Gasteiger partial charge in [-0.25, -0.2) is 14.5 Å². The van der Waals surface area contributed by atoms with Crippen LogP contribution < -0.4 is 10.6 Å². The lowest BCUT2D eigenvalue weighted by Crippen LogP contribution is -2.45. The maximum absolute atomic E-state index is 13.2. The number of fused-ring (bicyclic) bond motifs is 2. The number of imidazole rings is 1. The normalized spacial score (nSPS) is 15.5. The molecule has 10 nitrogen and oxygen atoms in total. The Morgan fingerprint density at radius 2 is 1.97 bits per heavy atom. The van der Waals surface area contributed by atoms with Gasteiger partial charge in [0.05, 0.1) is 0 Å². The van der Waals surface area contributed by atoms with Gasteiger partial charge in [0.15, 0.2) is 5.65 Å². The van der Waals surface area contributed by atoms with Gasteiger partial charge in [-0.05, 0) is 49.2 Å². The third-order valence-electron chi connectivity index (χ3n) is 6.72. The van der Waals surface area contributed by atoms with Crippen LogP contribution in [-0.2, 0) is 4.79 Å². The maximum Gasteiger partial charge on any atom is 0.253 e. The van der Waals surface area contributed by atoms with Crippen molar-refractivity contribution in [3.05, 3.63) is 85.3 Å². The Hall–Kier alpha value is -4.99. The molecule has 4 heterocycles. The summed E-state index contributed by atoms with van der Waals surface area (Å²) in [7, 11) is 0. The lowest BCUT2D eigenvalue weighted by Gasteiger charge is -2.33. The molecule has 0 spiro atoms. The lowest BCUT2D eigenvalue weighted by molar-refractivity contribution is -0.111. The number of anilines is 2. The number of piperidine rings is 1. The molecule has 1 atom stereocenters. The highest BCUT2D eigenvalue weighted by molar-refractivity contribution is 6.00. The monoisotopic (exact) mass is 506 g/mol. The average Bonchev–Trinajstić information content (AvgIpc) is 3.60. The van der Waals surface area contributed by atoms with E-state index in [4.69, 9.17) is 4.98 Å². The van der Waals surface area contributed by atoms with Crippen molar-refractivity contribution in [2.45, 2.75) is 18.9 Å². The first-order valence-electron chi connectivity index (χ1n) is 12.5. The molecule has 0 aliphatic carbocycles. The van der Waals surface area contributed by atoms with E-state index in [1.165, 1.54) is 6.08 Å². The second-order valence-electron chi connectivity index (χ2n) is 9.23. The van der Waals surface area contributed by atoms with Gasteiger partial charge in [0.25, 0.3) is 5.91 Å². The SMILES string of the molecule is C=CC(=O)Nc1ccc(C(=O)N2CCC[C@@H](Nc3nc(-c4c[nH]c5ccccc45)c4nccn4n3)C2)cc1. The van der Waals surface area contributed by atoms with E-state index < -0.39 is 0 Å². The van der Waals surface area contributed by atoms with Gasteiger partial charge in [-0.1, -0.05) is 24.8 Å². The third kappa shape index (κ3) is 4.47. The molecule has 1 fully saturated rings. The van der Waals surface area contributed by atoms with Crippen molar-refractivity contribution in [1.29, 1.82) is 0 Å². The van der Waals surface area contributed by atoms with E-state index in [-0.39, 0.29) is 17.9 Å². The topological polar surface area (TPSA) is 120 Å². The Morgan fingerprint density at radius 1 is 1.13 bits per heavy atom. The minimum absolute atomic E-state index is 0.00403. The van der Waals surface area contributed by atoms with E-state index in [0.29, 0.717) is 35.9 Å². The number of amides is 2. The van der Waals surface area contributed by atoms with Crippen LogP contribution in [0.2, 0.25) is 0 Å². The number of likely N-dealkylation sites (tertiary alicyclic amines) is 1. The number of nitrogens with zero attached hydrogens (tertiary/aromatic N) is 5. The van der Waals surface area contributed by atoms with Crippen LogP contribution in [0.5, 0.6) is 0 Å². The predicted octanol–water partition coefficient (Wildman–Crippen LogP) is 4.11. The second-order valence-corrected chi connectivity index (χ2v) is 9.23. The highest BCUT2D eigenvalue weighted by Gasteiger charge is 2.26. The summed E-state index contributed by atoms with van der Waals surface area (Å²) in [5, 5.41) is 11.8. The summed E-state index contributed by atoms with van der Waals surface area (Å²) >= 11 is 0. The van der Waals surface area contributed by atoms with Crippen LogP contribution in [0, 0.1) is 0 Å². The smallest absolute Gasteiger partial charge is 0.253 e. The zero-order valence-corrected chi connectivity index (χ0v) is 20.6. The Kier molecular flexibility index (Phi) is 6.04. The number of rotatable bonds is 6. The zero-order chi connectivity index (χ0) is 26.1. The van der Waals surface area contributed by atoms with Crippen molar-refractivity contribution in [1.82, 2.24) is 29.5 Å². The molecule has 10 heteroatoms. The Balaban J connectivity index is 1.21. The number of benzene rings is 2. The van der Waals surface area contributed by atoms with E-state index in [0.717, 1.165) is 35.0 Å². The first kappa shape index (κ1) is 23.4. The number of hydrogen-bond donors (Lipinski definition) is 3. The molecule has 1 aliphatic rings. The maximum atomic E-state index is 13.2. The molecule has 1 saturated heterocycles. The van der Waals surface area contributed by atoms with Gasteiger partial charge >= 0.3 is 0 Å². The summed E-state index contributed by atoms with van der Waals surface area (Å²) in [6, 6.07) is 15.0. The number of aromatic amines is 1. The van der Waals surface area contributed by atoms with Crippen molar-refractivity contribution in [3.8, 4) is 11.3 Å². The molecule has 0 radical (unpaired) electrons. The molecule has 2 amide bonds. The largest absolute Gasteiger partial charge is 0.360 e. The minimum atomic E-state index is -0.294. The summed E-state index contributed by atoms with van der Waals surface area (Å²) in [6.45, 7) is 4.65. The molecule has 0 unspecified atom stereocenters. The fourth-order valence-electron chi connectivity index (χ4n) is 4.87. The van der Waals surface area contributed by atoms with Crippen LogP contribution in [0.1, 0.15) is 23.2 Å². The van der Waals surface area contributed by atoms with E-state index in [9.17, 15) is 9.59 Å². The van der Waals surface area contributed by atoms with Gasteiger partial charge in [0.1, 0.15) is 5.69 Å². The van der Waals surface area contributed by atoms with Gasteiger partial charge in [0.2, 0.25) is 11.9 Å². The van der Waals surface area contributed by atoms with Crippen molar-refractivity contribution in [2.24, 2.45) is 0 Å². The van der Waals surface area contributed by atoms with E-state index >= 15 is 0 Å². The van der Waals surface area contributed by atoms with Crippen LogP contribution in [0.3, 0.4) is 0 Å². The Bertz CT molecular complexity index is 1650. The quantitative estimate of drug-likeness (QED) is 0.298. The van der Waals surface area contributed by atoms with Gasteiger partial charge in [-0.15, -0.1) is 5.10 Å². The number of carbonyl (C=O) groups excluding carboxylic acids is 2. The average molecular weight is 507 g/mol. The molecule has 6 rings (SSSR count). The number of hydrogen-bond acceptors (Lipinski definition) is 6. The van der Waals surface area contributed by atoms with Gasteiger partial charge in [-0.3, -0.25) is 9.59 Å².